The maximum absolute atomic E-state index is 3.92. The Bertz CT molecular complexity index is 314. The zero-order chi connectivity index (χ0) is 22.1. The van der Waals surface area contributed by atoms with Gasteiger partial charge in [-0.2, -0.15) is 0 Å². The average molecular weight is 434 g/mol. The fourth-order valence-electron chi connectivity index (χ4n) is 5.62. The average Bonchev–Trinajstić information content (AvgIpc) is 2.80. The molecule has 0 N–H and O–H groups in total. The second-order valence-electron chi connectivity index (χ2n) is 10.9. The number of hydrogen-bond donors (Lipinski definition) is 0. The van der Waals surface area contributed by atoms with E-state index in [1.165, 1.54) is 180 Å². The van der Waals surface area contributed by atoms with E-state index in [0.29, 0.717) is 0 Å². The van der Waals surface area contributed by atoms with Gasteiger partial charge in [0.15, 0.2) is 0 Å². The second kappa shape index (κ2) is 24.6. The van der Waals surface area contributed by atoms with Crippen molar-refractivity contribution in [2.45, 2.75) is 186 Å². The van der Waals surface area contributed by atoms with Crippen LogP contribution in [0.2, 0.25) is 0 Å². The lowest BCUT2D eigenvalue weighted by atomic mass is 9.85. The van der Waals surface area contributed by atoms with Crippen molar-refractivity contribution in [2.75, 3.05) is 0 Å². The molecule has 0 aromatic carbocycles. The quantitative estimate of drug-likeness (QED) is 0.133. The fraction of sp³-hybridized carbons (Fsp3) is 0.968. The summed E-state index contributed by atoms with van der Waals surface area (Å²) in [6, 6.07) is 0. The van der Waals surface area contributed by atoms with E-state index in [1.807, 2.05) is 0 Å². The fourth-order valence-corrected chi connectivity index (χ4v) is 5.62. The summed E-state index contributed by atoms with van der Waals surface area (Å²) >= 11 is 0. The van der Waals surface area contributed by atoms with Crippen LogP contribution < -0.4 is 0 Å². The largest absolute Gasteiger partial charge is 0.0533 e. The summed E-state index contributed by atoms with van der Waals surface area (Å²) in [4.78, 5) is 0. The highest BCUT2D eigenvalue weighted by Crippen LogP contribution is 2.28. The van der Waals surface area contributed by atoms with Gasteiger partial charge in [0.1, 0.15) is 0 Å². The molecule has 0 atom stereocenters. The molecule has 0 aliphatic heterocycles. The topological polar surface area (TPSA) is 0 Å². The van der Waals surface area contributed by atoms with Gasteiger partial charge in [-0.1, -0.05) is 193 Å². The maximum atomic E-state index is 3.92. The predicted molar refractivity (Wildman–Crippen MR) is 143 cm³/mol. The normalized spacial score (nSPS) is 15.0. The maximum Gasteiger partial charge on any atom is -0.0414 e. The van der Waals surface area contributed by atoms with Gasteiger partial charge in [-0.3, -0.25) is 0 Å². The molecule has 0 saturated heterocycles. The van der Waals surface area contributed by atoms with Gasteiger partial charge in [-0.05, 0) is 5.92 Å². The van der Waals surface area contributed by atoms with E-state index >= 15 is 0 Å². The van der Waals surface area contributed by atoms with E-state index in [-0.39, 0.29) is 0 Å². The zero-order valence-electron chi connectivity index (χ0n) is 21.8. The molecule has 0 aromatic heterocycles. The minimum Gasteiger partial charge on any atom is -0.0533 e. The number of unbranched alkanes of at least 4 members (excludes halogenated alkanes) is 22. The lowest BCUT2D eigenvalue weighted by molar-refractivity contribution is 0.328. The van der Waals surface area contributed by atoms with Gasteiger partial charge in [-0.15, -0.1) is 0 Å². The molecule has 0 bridgehead atoms. The Balaban J connectivity index is 1.62. The molecule has 0 spiro atoms. The molecule has 0 aromatic rings. The minimum absolute atomic E-state index is 1.10. The summed E-state index contributed by atoms with van der Waals surface area (Å²) in [6.45, 7) is 3.92. The molecule has 0 heterocycles. The van der Waals surface area contributed by atoms with Gasteiger partial charge in [0.25, 0.3) is 0 Å². The molecule has 1 saturated carbocycles. The van der Waals surface area contributed by atoms with Crippen LogP contribution in [-0.2, 0) is 0 Å². The highest BCUT2D eigenvalue weighted by atomic mass is 14.2. The third-order valence-corrected chi connectivity index (χ3v) is 7.84. The molecule has 1 fully saturated rings. The molecular weight excluding hydrogens is 372 g/mol. The summed E-state index contributed by atoms with van der Waals surface area (Å²) in [5.41, 5.74) is 0. The van der Waals surface area contributed by atoms with Crippen LogP contribution in [0.25, 0.3) is 0 Å². The van der Waals surface area contributed by atoms with Crippen molar-refractivity contribution in [2.24, 2.45) is 5.92 Å². The van der Waals surface area contributed by atoms with Crippen LogP contribution >= 0.6 is 0 Å². The van der Waals surface area contributed by atoms with Crippen molar-refractivity contribution in [1.82, 2.24) is 0 Å². The van der Waals surface area contributed by atoms with Crippen LogP contribution in [0.3, 0.4) is 0 Å². The Morgan fingerprint density at radius 1 is 0.355 bits per heavy atom. The van der Waals surface area contributed by atoms with Gasteiger partial charge in [0.2, 0.25) is 0 Å². The van der Waals surface area contributed by atoms with Crippen LogP contribution in [0.5, 0.6) is 0 Å². The molecule has 1 radical (unpaired) electrons. The second-order valence-corrected chi connectivity index (χ2v) is 10.9. The van der Waals surface area contributed by atoms with Crippen LogP contribution in [0.4, 0.5) is 0 Å². The summed E-state index contributed by atoms with van der Waals surface area (Å²) in [5.74, 6) is 1.10. The molecule has 1 aliphatic rings. The summed E-state index contributed by atoms with van der Waals surface area (Å²) in [6.07, 6.45) is 42.8. The van der Waals surface area contributed by atoms with E-state index < -0.39 is 0 Å². The molecule has 31 heavy (non-hydrogen) atoms. The van der Waals surface area contributed by atoms with Gasteiger partial charge in [0, 0.05) is 0 Å². The van der Waals surface area contributed by atoms with Crippen molar-refractivity contribution < 1.29 is 0 Å². The molecule has 0 nitrogen and oxygen atoms in total. The highest BCUT2D eigenvalue weighted by Gasteiger charge is 2.12. The van der Waals surface area contributed by atoms with Gasteiger partial charge in [0.05, 0.1) is 0 Å². The first-order chi connectivity index (χ1) is 15.4. The Morgan fingerprint density at radius 2 is 0.645 bits per heavy atom. The number of rotatable bonds is 24. The Morgan fingerprint density at radius 3 is 0.968 bits per heavy atom. The molecule has 0 amide bonds. The smallest absolute Gasteiger partial charge is 0.0414 e. The Kier molecular flexibility index (Phi) is 23.1. The van der Waals surface area contributed by atoms with Crippen molar-refractivity contribution in [3.05, 3.63) is 6.92 Å². The molecule has 0 unspecified atom stereocenters. The van der Waals surface area contributed by atoms with E-state index in [1.54, 1.807) is 0 Å². The van der Waals surface area contributed by atoms with Gasteiger partial charge >= 0.3 is 0 Å². The van der Waals surface area contributed by atoms with E-state index in [0.717, 1.165) is 12.3 Å². The summed E-state index contributed by atoms with van der Waals surface area (Å²) in [7, 11) is 0. The molecule has 0 heteroatoms. The van der Waals surface area contributed by atoms with E-state index in [4.69, 9.17) is 0 Å². The first kappa shape index (κ1) is 29.0. The first-order valence-corrected chi connectivity index (χ1v) is 15.2. The molecule has 185 valence electrons. The van der Waals surface area contributed by atoms with Crippen molar-refractivity contribution in [1.29, 1.82) is 0 Å². The molecule has 1 rings (SSSR count). The van der Waals surface area contributed by atoms with E-state index in [9.17, 15) is 0 Å². The summed E-state index contributed by atoms with van der Waals surface area (Å²) in [5, 5.41) is 0. The van der Waals surface area contributed by atoms with Crippen LogP contribution in [0, 0.1) is 12.8 Å². The lowest BCUT2D eigenvalue weighted by Crippen LogP contribution is -2.05. The highest BCUT2D eigenvalue weighted by molar-refractivity contribution is 4.65. The first-order valence-electron chi connectivity index (χ1n) is 15.2. The monoisotopic (exact) mass is 433 g/mol. The third kappa shape index (κ3) is 21.6. The van der Waals surface area contributed by atoms with Crippen LogP contribution in [0.1, 0.15) is 186 Å². The molecule has 1 aliphatic carbocycles. The molecular formula is C31H61. The SMILES string of the molecule is [CH2]CCCCCCCCCCCCCCCCCCCCCCCCC1CCCCC1. The lowest BCUT2D eigenvalue weighted by Gasteiger charge is -2.21. The standard InChI is InChI=1S/C31H61/c1-2-3-4-5-6-7-8-9-10-11-12-13-14-15-16-17-18-19-20-21-22-23-25-28-31-29-26-24-27-30-31/h31H,1-30H2. The zero-order valence-corrected chi connectivity index (χ0v) is 21.8. The predicted octanol–water partition coefficient (Wildman–Crippen LogP) is 11.8. The third-order valence-electron chi connectivity index (χ3n) is 7.84. The van der Waals surface area contributed by atoms with Crippen LogP contribution in [-0.4, -0.2) is 0 Å². The van der Waals surface area contributed by atoms with E-state index in [2.05, 4.69) is 6.92 Å². The number of hydrogen-bond acceptors (Lipinski definition) is 0. The van der Waals surface area contributed by atoms with Crippen molar-refractivity contribution >= 4 is 0 Å². The summed E-state index contributed by atoms with van der Waals surface area (Å²) < 4.78 is 0. The minimum atomic E-state index is 1.10. The Labute approximate surface area is 199 Å². The van der Waals surface area contributed by atoms with Crippen molar-refractivity contribution in [3.63, 3.8) is 0 Å². The van der Waals surface area contributed by atoms with Crippen LogP contribution in [0.15, 0.2) is 0 Å². The van der Waals surface area contributed by atoms with Gasteiger partial charge < -0.3 is 0 Å². The Hall–Kier alpha value is 0. The van der Waals surface area contributed by atoms with Crippen molar-refractivity contribution in [3.8, 4) is 0 Å². The van der Waals surface area contributed by atoms with Gasteiger partial charge in [-0.25, -0.2) is 0 Å².